The number of benzene rings is 1. The van der Waals surface area contributed by atoms with Crippen LogP contribution in [0.15, 0.2) is 24.3 Å². The van der Waals surface area contributed by atoms with Gasteiger partial charge in [0.2, 0.25) is 5.91 Å². The molecule has 1 atom stereocenters. The Bertz CT molecular complexity index is 827. The Kier molecular flexibility index (Phi) is 5.30. The zero-order chi connectivity index (χ0) is 18.8. The number of aryl methyl sites for hydroxylation is 2. The third-order valence-electron chi connectivity index (χ3n) is 5.97. The van der Waals surface area contributed by atoms with E-state index in [1.54, 1.807) is 0 Å². The lowest BCUT2D eigenvalue weighted by Gasteiger charge is -2.35. The van der Waals surface area contributed by atoms with Crippen LogP contribution in [0.4, 0.5) is 0 Å². The number of amides is 1. The molecule has 1 unspecified atom stereocenters. The molecule has 3 heterocycles. The van der Waals surface area contributed by atoms with E-state index in [1.165, 1.54) is 16.8 Å². The maximum absolute atomic E-state index is 13.2. The molecule has 0 bridgehead atoms. The van der Waals surface area contributed by atoms with Crippen molar-refractivity contribution in [3.8, 4) is 0 Å². The molecule has 0 N–H and O–H groups in total. The predicted octanol–water partition coefficient (Wildman–Crippen LogP) is 3.58. The first-order chi connectivity index (χ1) is 13.2. The molecule has 1 aromatic carbocycles. The standard InChI is InChI=1S/C22H29N3O2/c1-3-25-19-11-13-27-15-18(19)22(23-25)20-10-6-7-12-24(20)21(26)14-17-9-5-4-8-16(17)2/h4-5,8-9,20H,3,6-7,10-15H2,1-2H3. The van der Waals surface area contributed by atoms with Gasteiger partial charge in [-0.1, -0.05) is 24.3 Å². The predicted molar refractivity (Wildman–Crippen MR) is 104 cm³/mol. The van der Waals surface area contributed by atoms with Crippen LogP contribution in [0.3, 0.4) is 0 Å². The van der Waals surface area contributed by atoms with Crippen LogP contribution in [0.1, 0.15) is 60.3 Å². The molecular weight excluding hydrogens is 338 g/mol. The summed E-state index contributed by atoms with van der Waals surface area (Å²) in [6.07, 6.45) is 4.60. The maximum atomic E-state index is 13.2. The molecule has 1 fully saturated rings. The van der Waals surface area contributed by atoms with Gasteiger partial charge in [-0.2, -0.15) is 5.10 Å². The fraction of sp³-hybridized carbons (Fsp3) is 0.545. The third kappa shape index (κ3) is 3.53. The smallest absolute Gasteiger partial charge is 0.227 e. The molecule has 0 aliphatic carbocycles. The van der Waals surface area contributed by atoms with Gasteiger partial charge < -0.3 is 9.64 Å². The number of aromatic nitrogens is 2. The Labute approximate surface area is 161 Å². The molecule has 2 aliphatic heterocycles. The first-order valence-corrected chi connectivity index (χ1v) is 10.2. The van der Waals surface area contributed by atoms with E-state index in [0.717, 1.165) is 56.6 Å². The number of hydrogen-bond acceptors (Lipinski definition) is 3. The molecule has 0 spiro atoms. The fourth-order valence-electron chi connectivity index (χ4n) is 4.45. The summed E-state index contributed by atoms with van der Waals surface area (Å²) in [4.78, 5) is 15.3. The quantitative estimate of drug-likeness (QED) is 0.830. The van der Waals surface area contributed by atoms with E-state index in [9.17, 15) is 4.79 Å². The molecule has 2 aliphatic rings. The highest BCUT2D eigenvalue weighted by Crippen LogP contribution is 2.35. The van der Waals surface area contributed by atoms with Crippen LogP contribution in [0, 0.1) is 6.92 Å². The molecule has 0 saturated carbocycles. The van der Waals surface area contributed by atoms with Crippen molar-refractivity contribution >= 4 is 5.91 Å². The molecule has 1 saturated heterocycles. The second kappa shape index (κ2) is 7.85. The van der Waals surface area contributed by atoms with E-state index >= 15 is 0 Å². The number of nitrogens with zero attached hydrogens (tertiary/aromatic N) is 3. The Morgan fingerprint density at radius 2 is 2.15 bits per heavy atom. The monoisotopic (exact) mass is 367 g/mol. The lowest BCUT2D eigenvalue weighted by molar-refractivity contribution is -0.134. The fourth-order valence-corrected chi connectivity index (χ4v) is 4.45. The van der Waals surface area contributed by atoms with Gasteiger partial charge in [0, 0.05) is 30.8 Å². The van der Waals surface area contributed by atoms with Crippen molar-refractivity contribution in [1.29, 1.82) is 0 Å². The van der Waals surface area contributed by atoms with Crippen LogP contribution >= 0.6 is 0 Å². The van der Waals surface area contributed by atoms with E-state index in [-0.39, 0.29) is 11.9 Å². The number of piperidine rings is 1. The van der Waals surface area contributed by atoms with Gasteiger partial charge in [0.15, 0.2) is 0 Å². The van der Waals surface area contributed by atoms with Crippen LogP contribution in [-0.4, -0.2) is 33.7 Å². The highest BCUT2D eigenvalue weighted by molar-refractivity contribution is 5.79. The van der Waals surface area contributed by atoms with E-state index in [0.29, 0.717) is 13.0 Å². The van der Waals surface area contributed by atoms with Crippen molar-refractivity contribution in [2.24, 2.45) is 0 Å². The van der Waals surface area contributed by atoms with Crippen molar-refractivity contribution in [3.63, 3.8) is 0 Å². The van der Waals surface area contributed by atoms with E-state index in [2.05, 4.69) is 35.6 Å². The molecule has 5 heteroatoms. The number of ether oxygens (including phenoxy) is 1. The van der Waals surface area contributed by atoms with Crippen LogP contribution in [0.2, 0.25) is 0 Å². The topological polar surface area (TPSA) is 47.4 Å². The normalized spacial score (nSPS) is 19.8. The Morgan fingerprint density at radius 1 is 1.30 bits per heavy atom. The number of hydrogen-bond donors (Lipinski definition) is 0. The van der Waals surface area contributed by atoms with Gasteiger partial charge in [0.1, 0.15) is 0 Å². The summed E-state index contributed by atoms with van der Waals surface area (Å²) in [6.45, 7) is 7.29. The van der Waals surface area contributed by atoms with Gasteiger partial charge in [-0.25, -0.2) is 0 Å². The van der Waals surface area contributed by atoms with Crippen molar-refractivity contribution in [2.45, 2.75) is 65.1 Å². The van der Waals surface area contributed by atoms with Crippen LogP contribution in [0.25, 0.3) is 0 Å². The molecule has 1 aromatic heterocycles. The van der Waals surface area contributed by atoms with Crippen molar-refractivity contribution < 1.29 is 9.53 Å². The summed E-state index contributed by atoms with van der Waals surface area (Å²) >= 11 is 0. The number of likely N-dealkylation sites (tertiary alicyclic amines) is 1. The molecule has 1 amide bonds. The van der Waals surface area contributed by atoms with E-state index in [4.69, 9.17) is 9.84 Å². The first-order valence-electron chi connectivity index (χ1n) is 10.2. The summed E-state index contributed by atoms with van der Waals surface area (Å²) < 4.78 is 7.85. The average Bonchev–Trinajstić information content (AvgIpc) is 3.08. The first kappa shape index (κ1) is 18.2. The maximum Gasteiger partial charge on any atom is 0.227 e. The minimum Gasteiger partial charge on any atom is -0.376 e. The minimum atomic E-state index is 0.0820. The van der Waals surface area contributed by atoms with E-state index < -0.39 is 0 Å². The summed E-state index contributed by atoms with van der Waals surface area (Å²) in [7, 11) is 0. The molecule has 4 rings (SSSR count). The van der Waals surface area contributed by atoms with Gasteiger partial charge in [0.05, 0.1) is 31.4 Å². The summed E-state index contributed by atoms with van der Waals surface area (Å²) in [6, 6.07) is 8.26. The summed E-state index contributed by atoms with van der Waals surface area (Å²) in [5, 5.41) is 4.93. The molecular formula is C22H29N3O2. The van der Waals surface area contributed by atoms with Gasteiger partial charge in [0.25, 0.3) is 0 Å². The molecule has 2 aromatic rings. The van der Waals surface area contributed by atoms with Gasteiger partial charge >= 0.3 is 0 Å². The second-order valence-electron chi connectivity index (χ2n) is 7.63. The Morgan fingerprint density at radius 3 is 2.96 bits per heavy atom. The molecule has 0 radical (unpaired) electrons. The third-order valence-corrected chi connectivity index (χ3v) is 5.97. The summed E-state index contributed by atoms with van der Waals surface area (Å²) in [5.74, 6) is 0.213. The number of carbonyl (C=O) groups excluding carboxylic acids is 1. The van der Waals surface area contributed by atoms with Gasteiger partial charge in [-0.15, -0.1) is 0 Å². The largest absolute Gasteiger partial charge is 0.376 e. The average molecular weight is 367 g/mol. The zero-order valence-electron chi connectivity index (χ0n) is 16.4. The lowest BCUT2D eigenvalue weighted by Crippen LogP contribution is -2.40. The second-order valence-corrected chi connectivity index (χ2v) is 7.63. The van der Waals surface area contributed by atoms with Crippen LogP contribution in [0.5, 0.6) is 0 Å². The highest BCUT2D eigenvalue weighted by Gasteiger charge is 2.34. The summed E-state index contributed by atoms with van der Waals surface area (Å²) in [5.41, 5.74) is 5.90. The molecule has 5 nitrogen and oxygen atoms in total. The number of fused-ring (bicyclic) bond motifs is 1. The number of rotatable bonds is 4. The lowest BCUT2D eigenvalue weighted by atomic mass is 9.94. The van der Waals surface area contributed by atoms with Crippen molar-refractivity contribution in [3.05, 3.63) is 52.3 Å². The Balaban J connectivity index is 1.62. The zero-order valence-corrected chi connectivity index (χ0v) is 16.4. The van der Waals surface area contributed by atoms with Gasteiger partial charge in [-0.3, -0.25) is 9.48 Å². The van der Waals surface area contributed by atoms with Crippen LogP contribution < -0.4 is 0 Å². The van der Waals surface area contributed by atoms with Crippen molar-refractivity contribution in [2.75, 3.05) is 13.2 Å². The molecule has 27 heavy (non-hydrogen) atoms. The number of carbonyl (C=O) groups is 1. The van der Waals surface area contributed by atoms with Crippen LogP contribution in [-0.2, 0) is 35.5 Å². The Hall–Kier alpha value is -2.14. The highest BCUT2D eigenvalue weighted by atomic mass is 16.5. The van der Waals surface area contributed by atoms with Crippen molar-refractivity contribution in [1.82, 2.24) is 14.7 Å². The van der Waals surface area contributed by atoms with Gasteiger partial charge in [-0.05, 0) is 44.2 Å². The SMILES string of the molecule is CCn1nc(C2CCCCN2C(=O)Cc2ccccc2C)c2c1CCOC2. The van der Waals surface area contributed by atoms with E-state index in [1.807, 2.05) is 12.1 Å². The minimum absolute atomic E-state index is 0.0820. The molecule has 144 valence electrons.